The molecule has 0 radical (unpaired) electrons. The number of amides is 1. The zero-order valence-corrected chi connectivity index (χ0v) is 11.7. The molecule has 1 heterocycles. The minimum absolute atomic E-state index is 0.232. The van der Waals surface area contributed by atoms with Crippen LogP contribution in [0.15, 0.2) is 42.6 Å². The summed E-state index contributed by atoms with van der Waals surface area (Å²) in [5, 5.41) is 3.14. The molecule has 110 valence electrons. The summed E-state index contributed by atoms with van der Waals surface area (Å²) < 4.78 is 10.7. The maximum atomic E-state index is 11.0. The highest BCUT2D eigenvalue weighted by molar-refractivity contribution is 5.91. The fraction of sp³-hybridized carbons (Fsp3) is 0.200. The van der Waals surface area contributed by atoms with E-state index in [1.807, 2.05) is 24.3 Å². The Balaban J connectivity index is 1.78. The SMILES string of the molecule is COc1ccc(OCCNc2ccnc(C(N)=O)c2)cc1. The number of aromatic nitrogens is 1. The summed E-state index contributed by atoms with van der Waals surface area (Å²) in [6.07, 6.45) is 1.53. The summed E-state index contributed by atoms with van der Waals surface area (Å²) in [7, 11) is 1.62. The average Bonchev–Trinajstić information content (AvgIpc) is 2.52. The lowest BCUT2D eigenvalue weighted by Crippen LogP contribution is -2.15. The van der Waals surface area contributed by atoms with Crippen molar-refractivity contribution < 1.29 is 14.3 Å². The molecule has 0 spiro atoms. The lowest BCUT2D eigenvalue weighted by atomic mass is 10.3. The van der Waals surface area contributed by atoms with E-state index in [0.29, 0.717) is 13.2 Å². The predicted molar refractivity (Wildman–Crippen MR) is 79.7 cm³/mol. The number of rotatable bonds is 7. The van der Waals surface area contributed by atoms with Crippen LogP contribution in [0.2, 0.25) is 0 Å². The van der Waals surface area contributed by atoms with Gasteiger partial charge in [-0.1, -0.05) is 0 Å². The molecule has 1 aromatic carbocycles. The number of hydrogen-bond acceptors (Lipinski definition) is 5. The van der Waals surface area contributed by atoms with E-state index >= 15 is 0 Å². The van der Waals surface area contributed by atoms with Crippen molar-refractivity contribution in [3.05, 3.63) is 48.3 Å². The second-order valence-corrected chi connectivity index (χ2v) is 4.24. The summed E-state index contributed by atoms with van der Waals surface area (Å²) in [5.74, 6) is 1.01. The topological polar surface area (TPSA) is 86.5 Å². The molecule has 2 rings (SSSR count). The third kappa shape index (κ3) is 4.38. The van der Waals surface area contributed by atoms with Crippen LogP contribution in [0.25, 0.3) is 0 Å². The molecule has 2 aromatic rings. The second kappa shape index (κ2) is 7.14. The largest absolute Gasteiger partial charge is 0.497 e. The number of hydrogen-bond donors (Lipinski definition) is 2. The van der Waals surface area contributed by atoms with Crippen molar-refractivity contribution in [3.63, 3.8) is 0 Å². The fourth-order valence-electron chi connectivity index (χ4n) is 1.71. The summed E-state index contributed by atoms with van der Waals surface area (Å²) >= 11 is 0. The lowest BCUT2D eigenvalue weighted by Gasteiger charge is -2.09. The quantitative estimate of drug-likeness (QED) is 0.757. The van der Waals surface area contributed by atoms with Crippen molar-refractivity contribution in [2.45, 2.75) is 0 Å². The van der Waals surface area contributed by atoms with E-state index < -0.39 is 5.91 Å². The van der Waals surface area contributed by atoms with Crippen LogP contribution in [0.4, 0.5) is 5.69 Å². The van der Waals surface area contributed by atoms with Gasteiger partial charge in [-0.05, 0) is 36.4 Å². The van der Waals surface area contributed by atoms with Crippen molar-refractivity contribution in [2.75, 3.05) is 25.6 Å². The molecule has 1 amide bonds. The van der Waals surface area contributed by atoms with Gasteiger partial charge in [-0.15, -0.1) is 0 Å². The van der Waals surface area contributed by atoms with Crippen LogP contribution in [-0.4, -0.2) is 31.2 Å². The molecule has 21 heavy (non-hydrogen) atoms. The molecule has 3 N–H and O–H groups in total. The van der Waals surface area contributed by atoms with Crippen LogP contribution in [0, 0.1) is 0 Å². The molecule has 0 unspecified atom stereocenters. The minimum Gasteiger partial charge on any atom is -0.497 e. The van der Waals surface area contributed by atoms with Crippen molar-refractivity contribution in [3.8, 4) is 11.5 Å². The molecule has 0 bridgehead atoms. The first-order chi connectivity index (χ1) is 10.2. The Morgan fingerprint density at radius 3 is 2.62 bits per heavy atom. The van der Waals surface area contributed by atoms with Gasteiger partial charge in [-0.3, -0.25) is 9.78 Å². The van der Waals surface area contributed by atoms with Crippen molar-refractivity contribution in [1.82, 2.24) is 4.98 Å². The third-order valence-corrected chi connectivity index (χ3v) is 2.77. The number of methoxy groups -OCH3 is 1. The van der Waals surface area contributed by atoms with Gasteiger partial charge in [0.15, 0.2) is 0 Å². The van der Waals surface area contributed by atoms with E-state index in [4.69, 9.17) is 15.2 Å². The molecule has 6 nitrogen and oxygen atoms in total. The standard InChI is InChI=1S/C15H17N3O3/c1-20-12-2-4-13(5-3-12)21-9-8-17-11-6-7-18-14(10-11)15(16)19/h2-7,10H,8-9H2,1H3,(H2,16,19)(H,17,18). The zero-order valence-electron chi connectivity index (χ0n) is 11.7. The number of benzene rings is 1. The smallest absolute Gasteiger partial charge is 0.267 e. The van der Waals surface area contributed by atoms with E-state index in [0.717, 1.165) is 17.2 Å². The van der Waals surface area contributed by atoms with Gasteiger partial charge in [0, 0.05) is 18.4 Å². The van der Waals surface area contributed by atoms with Gasteiger partial charge in [0.05, 0.1) is 7.11 Å². The molecule has 0 saturated carbocycles. The van der Waals surface area contributed by atoms with E-state index in [9.17, 15) is 4.79 Å². The summed E-state index contributed by atoms with van der Waals surface area (Å²) in [6.45, 7) is 1.08. The number of anilines is 1. The Morgan fingerprint density at radius 1 is 1.24 bits per heavy atom. The molecule has 0 aliphatic carbocycles. The zero-order chi connectivity index (χ0) is 15.1. The molecule has 0 aliphatic rings. The van der Waals surface area contributed by atoms with Crippen LogP contribution < -0.4 is 20.5 Å². The normalized spacial score (nSPS) is 9.95. The fourth-order valence-corrected chi connectivity index (χ4v) is 1.71. The molecular formula is C15H17N3O3. The van der Waals surface area contributed by atoms with Crippen molar-refractivity contribution in [2.24, 2.45) is 5.73 Å². The molecule has 0 aliphatic heterocycles. The molecule has 0 fully saturated rings. The van der Waals surface area contributed by atoms with Crippen molar-refractivity contribution in [1.29, 1.82) is 0 Å². The van der Waals surface area contributed by atoms with Crippen LogP contribution in [0.1, 0.15) is 10.5 Å². The lowest BCUT2D eigenvalue weighted by molar-refractivity contribution is 0.0995. The van der Waals surface area contributed by atoms with Crippen LogP contribution in [-0.2, 0) is 0 Å². The van der Waals surface area contributed by atoms with E-state index in [1.165, 1.54) is 6.20 Å². The van der Waals surface area contributed by atoms with Gasteiger partial charge < -0.3 is 20.5 Å². The number of carbonyl (C=O) groups is 1. The summed E-state index contributed by atoms with van der Waals surface area (Å²) in [6, 6.07) is 10.7. The highest BCUT2D eigenvalue weighted by Gasteiger charge is 2.02. The first-order valence-electron chi connectivity index (χ1n) is 6.45. The van der Waals surface area contributed by atoms with Gasteiger partial charge in [0.2, 0.25) is 0 Å². The maximum Gasteiger partial charge on any atom is 0.267 e. The monoisotopic (exact) mass is 287 g/mol. The second-order valence-electron chi connectivity index (χ2n) is 4.24. The summed E-state index contributed by atoms with van der Waals surface area (Å²) in [5.41, 5.74) is 6.18. The minimum atomic E-state index is -0.548. The Bertz CT molecular complexity index is 599. The number of pyridine rings is 1. The number of primary amides is 1. The molecule has 0 saturated heterocycles. The number of nitrogens with two attached hydrogens (primary N) is 1. The molecule has 1 aromatic heterocycles. The Labute approximate surface area is 122 Å². The first kappa shape index (κ1) is 14.6. The highest BCUT2D eigenvalue weighted by Crippen LogP contribution is 2.16. The van der Waals surface area contributed by atoms with E-state index in [-0.39, 0.29) is 5.69 Å². The summed E-state index contributed by atoms with van der Waals surface area (Å²) in [4.78, 5) is 14.9. The van der Waals surface area contributed by atoms with Gasteiger partial charge in [-0.25, -0.2) is 0 Å². The van der Waals surface area contributed by atoms with Crippen LogP contribution in [0.5, 0.6) is 11.5 Å². The van der Waals surface area contributed by atoms with Crippen LogP contribution in [0.3, 0.4) is 0 Å². The number of nitrogens with zero attached hydrogens (tertiary/aromatic N) is 1. The predicted octanol–water partition coefficient (Wildman–Crippen LogP) is 1.68. The van der Waals surface area contributed by atoms with Crippen molar-refractivity contribution >= 4 is 11.6 Å². The third-order valence-electron chi connectivity index (χ3n) is 2.77. The number of ether oxygens (including phenoxy) is 2. The van der Waals surface area contributed by atoms with Gasteiger partial charge in [0.1, 0.15) is 23.8 Å². The molecule has 6 heteroatoms. The van der Waals surface area contributed by atoms with E-state index in [1.54, 1.807) is 19.2 Å². The Morgan fingerprint density at radius 2 is 1.95 bits per heavy atom. The molecule has 0 atom stereocenters. The molecular weight excluding hydrogens is 270 g/mol. The number of nitrogens with one attached hydrogen (secondary N) is 1. The van der Waals surface area contributed by atoms with Gasteiger partial charge >= 0.3 is 0 Å². The van der Waals surface area contributed by atoms with Gasteiger partial charge in [-0.2, -0.15) is 0 Å². The van der Waals surface area contributed by atoms with Gasteiger partial charge in [0.25, 0.3) is 5.91 Å². The number of carbonyl (C=O) groups excluding carboxylic acids is 1. The average molecular weight is 287 g/mol. The highest BCUT2D eigenvalue weighted by atomic mass is 16.5. The van der Waals surface area contributed by atoms with E-state index in [2.05, 4.69) is 10.3 Å². The maximum absolute atomic E-state index is 11.0. The van der Waals surface area contributed by atoms with Crippen LogP contribution >= 0.6 is 0 Å². The first-order valence-corrected chi connectivity index (χ1v) is 6.45. The Kier molecular flexibility index (Phi) is 4.98. The Hall–Kier alpha value is -2.76.